The Hall–Kier alpha value is -3.49. The Bertz CT molecular complexity index is 1020. The number of aromatic nitrogens is 1. The van der Waals surface area contributed by atoms with Crippen molar-refractivity contribution in [3.05, 3.63) is 89.4 Å². The normalized spacial score (nSPS) is 10.5. The van der Waals surface area contributed by atoms with E-state index in [2.05, 4.69) is 53.7 Å². The Kier molecular flexibility index (Phi) is 6.38. The van der Waals surface area contributed by atoms with Crippen LogP contribution in [0.15, 0.2) is 61.3 Å². The fraction of sp³-hybridized carbons (Fsp3) is 0.208. The van der Waals surface area contributed by atoms with Gasteiger partial charge in [0.15, 0.2) is 0 Å². The zero-order chi connectivity index (χ0) is 20.8. The quantitative estimate of drug-likeness (QED) is 0.442. The Balaban J connectivity index is 1.79. The highest BCUT2D eigenvalue weighted by molar-refractivity contribution is 5.81. The number of nitrogen functional groups attached to an aromatic ring is 1. The van der Waals surface area contributed by atoms with Gasteiger partial charge >= 0.3 is 0 Å². The first-order valence-electron chi connectivity index (χ1n) is 9.50. The summed E-state index contributed by atoms with van der Waals surface area (Å²) in [6.45, 7) is 9.48. The largest absolute Gasteiger partial charge is 0.397 e. The number of hydrogen-bond acceptors (Lipinski definition) is 4. The van der Waals surface area contributed by atoms with Crippen molar-refractivity contribution in [2.75, 3.05) is 12.5 Å². The van der Waals surface area contributed by atoms with Gasteiger partial charge in [-0.1, -0.05) is 43.0 Å². The molecule has 0 aliphatic rings. The number of nitrogens with zero attached hydrogens (tertiary/aromatic N) is 2. The maximum absolute atomic E-state index is 9.02. The minimum Gasteiger partial charge on any atom is -0.397 e. The van der Waals surface area contributed by atoms with Crippen molar-refractivity contribution in [2.45, 2.75) is 27.0 Å². The summed E-state index contributed by atoms with van der Waals surface area (Å²) in [5, 5.41) is 11.9. The van der Waals surface area contributed by atoms with Crippen LogP contribution in [0.5, 0.6) is 0 Å². The number of rotatable bonds is 8. The molecule has 0 amide bonds. The molecule has 0 atom stereocenters. The highest BCUT2D eigenvalue weighted by atomic mass is 16.5. The molecule has 2 aromatic carbocycles. The van der Waals surface area contributed by atoms with Crippen LogP contribution in [-0.2, 0) is 17.9 Å². The van der Waals surface area contributed by atoms with Crippen LogP contribution < -0.4 is 11.1 Å². The van der Waals surface area contributed by atoms with Crippen LogP contribution in [-0.4, -0.2) is 11.3 Å². The Morgan fingerprint density at radius 1 is 1.07 bits per heavy atom. The van der Waals surface area contributed by atoms with Crippen LogP contribution in [0.25, 0.3) is 11.1 Å². The first-order chi connectivity index (χ1) is 14.0. The predicted molar refractivity (Wildman–Crippen MR) is 117 cm³/mol. The minimum atomic E-state index is 0.449. The lowest BCUT2D eigenvalue weighted by atomic mass is 10.0. The van der Waals surface area contributed by atoms with Crippen molar-refractivity contribution in [3.63, 3.8) is 0 Å². The van der Waals surface area contributed by atoms with Crippen LogP contribution in [0.4, 0.5) is 5.69 Å². The molecule has 29 heavy (non-hydrogen) atoms. The molecule has 5 nitrogen and oxygen atoms in total. The van der Waals surface area contributed by atoms with Crippen molar-refractivity contribution in [3.8, 4) is 17.2 Å². The van der Waals surface area contributed by atoms with E-state index in [0.29, 0.717) is 18.9 Å². The lowest BCUT2D eigenvalue weighted by molar-refractivity contribution is 0.112. The van der Waals surface area contributed by atoms with E-state index in [0.717, 1.165) is 40.3 Å². The van der Waals surface area contributed by atoms with Crippen LogP contribution in [0.2, 0.25) is 0 Å². The molecule has 3 aromatic rings. The SMILES string of the molecule is C=CNCOCc1ccc(Cn2c(C)c(N)c(-c3ccc(C#N)cc3)c2C)cc1. The molecule has 148 valence electrons. The lowest BCUT2D eigenvalue weighted by Gasteiger charge is -2.11. The summed E-state index contributed by atoms with van der Waals surface area (Å²) in [4.78, 5) is 0. The molecule has 0 unspecified atom stereocenters. The average Bonchev–Trinajstić information content (AvgIpc) is 2.95. The van der Waals surface area contributed by atoms with Crippen molar-refractivity contribution >= 4 is 5.69 Å². The van der Waals surface area contributed by atoms with Gasteiger partial charge in [0.1, 0.15) is 6.73 Å². The highest BCUT2D eigenvalue weighted by Crippen LogP contribution is 2.35. The van der Waals surface area contributed by atoms with Gasteiger partial charge in [-0.25, -0.2) is 0 Å². The van der Waals surface area contributed by atoms with E-state index in [1.54, 1.807) is 6.20 Å². The average molecular weight is 386 g/mol. The van der Waals surface area contributed by atoms with Crippen molar-refractivity contribution < 1.29 is 4.74 Å². The number of benzene rings is 2. The van der Waals surface area contributed by atoms with Crippen molar-refractivity contribution in [1.82, 2.24) is 9.88 Å². The van der Waals surface area contributed by atoms with Gasteiger partial charge in [0, 0.05) is 23.5 Å². The summed E-state index contributed by atoms with van der Waals surface area (Å²) >= 11 is 0. The third-order valence-electron chi connectivity index (χ3n) is 5.10. The van der Waals surface area contributed by atoms with E-state index in [1.807, 2.05) is 31.2 Å². The summed E-state index contributed by atoms with van der Waals surface area (Å²) in [6.07, 6.45) is 1.61. The number of nitrogens with two attached hydrogens (primary N) is 1. The van der Waals surface area contributed by atoms with E-state index in [4.69, 9.17) is 15.7 Å². The second kappa shape index (κ2) is 9.13. The second-order valence-electron chi connectivity index (χ2n) is 6.95. The monoisotopic (exact) mass is 386 g/mol. The van der Waals surface area contributed by atoms with Crippen molar-refractivity contribution in [2.24, 2.45) is 0 Å². The van der Waals surface area contributed by atoms with Gasteiger partial charge in [-0.3, -0.25) is 0 Å². The van der Waals surface area contributed by atoms with E-state index < -0.39 is 0 Å². The summed E-state index contributed by atoms with van der Waals surface area (Å²) in [7, 11) is 0. The van der Waals surface area contributed by atoms with Crippen molar-refractivity contribution in [1.29, 1.82) is 5.26 Å². The fourth-order valence-corrected chi connectivity index (χ4v) is 3.43. The molecule has 0 bridgehead atoms. The Morgan fingerprint density at radius 3 is 2.34 bits per heavy atom. The lowest BCUT2D eigenvalue weighted by Crippen LogP contribution is -2.10. The summed E-state index contributed by atoms with van der Waals surface area (Å²) in [6, 6.07) is 18.1. The van der Waals surface area contributed by atoms with Crippen LogP contribution in [0.1, 0.15) is 28.1 Å². The Labute approximate surface area is 172 Å². The van der Waals surface area contributed by atoms with Gasteiger partial charge in [-0.05, 0) is 48.9 Å². The highest BCUT2D eigenvalue weighted by Gasteiger charge is 2.17. The molecule has 0 spiro atoms. The first-order valence-corrected chi connectivity index (χ1v) is 9.50. The molecule has 0 saturated carbocycles. The van der Waals surface area contributed by atoms with Gasteiger partial charge < -0.3 is 20.4 Å². The smallest absolute Gasteiger partial charge is 0.116 e. The standard InChI is InChI=1S/C24H26N4O/c1-4-27-16-29-15-21-7-5-20(6-8-21)14-28-17(2)23(24(26)18(28)3)22-11-9-19(13-25)10-12-22/h4-12,27H,1,14-16,26H2,2-3H3. The number of anilines is 1. The topological polar surface area (TPSA) is 76.0 Å². The third kappa shape index (κ3) is 4.50. The van der Waals surface area contributed by atoms with E-state index >= 15 is 0 Å². The van der Waals surface area contributed by atoms with Gasteiger partial charge in [0.25, 0.3) is 0 Å². The molecule has 3 N–H and O–H groups in total. The zero-order valence-corrected chi connectivity index (χ0v) is 16.9. The maximum Gasteiger partial charge on any atom is 0.116 e. The Morgan fingerprint density at radius 2 is 1.72 bits per heavy atom. The first kappa shape index (κ1) is 20.2. The van der Waals surface area contributed by atoms with Gasteiger partial charge in [-0.2, -0.15) is 5.26 Å². The molecule has 1 heterocycles. The summed E-state index contributed by atoms with van der Waals surface area (Å²) < 4.78 is 7.76. The molecule has 0 radical (unpaired) electrons. The number of nitrogens with one attached hydrogen (secondary N) is 1. The van der Waals surface area contributed by atoms with E-state index in [-0.39, 0.29) is 0 Å². The molecular weight excluding hydrogens is 360 g/mol. The predicted octanol–water partition coefficient (Wildman–Crippen LogP) is 4.48. The molecule has 3 rings (SSSR count). The summed E-state index contributed by atoms with van der Waals surface area (Å²) in [5.74, 6) is 0. The third-order valence-corrected chi connectivity index (χ3v) is 5.10. The molecule has 0 fully saturated rings. The maximum atomic E-state index is 9.02. The second-order valence-corrected chi connectivity index (χ2v) is 6.95. The summed E-state index contributed by atoms with van der Waals surface area (Å²) in [5.41, 5.74) is 14.4. The van der Waals surface area contributed by atoms with Gasteiger partial charge in [0.05, 0.1) is 23.9 Å². The molecule has 0 aliphatic heterocycles. The van der Waals surface area contributed by atoms with Gasteiger partial charge in [0.2, 0.25) is 0 Å². The van der Waals surface area contributed by atoms with Gasteiger partial charge in [-0.15, -0.1) is 0 Å². The molecular formula is C24H26N4O. The number of hydrogen-bond donors (Lipinski definition) is 2. The molecule has 1 aromatic heterocycles. The minimum absolute atomic E-state index is 0.449. The fourth-order valence-electron chi connectivity index (χ4n) is 3.43. The van der Waals surface area contributed by atoms with Crippen LogP contribution in [0, 0.1) is 25.2 Å². The molecule has 0 aliphatic carbocycles. The molecule has 0 saturated heterocycles. The van der Waals surface area contributed by atoms with Crippen LogP contribution >= 0.6 is 0 Å². The number of ether oxygens (including phenoxy) is 1. The van der Waals surface area contributed by atoms with E-state index in [9.17, 15) is 0 Å². The van der Waals surface area contributed by atoms with Crippen LogP contribution in [0.3, 0.4) is 0 Å². The number of nitriles is 1. The molecule has 5 heteroatoms. The zero-order valence-electron chi connectivity index (χ0n) is 16.9. The van der Waals surface area contributed by atoms with E-state index in [1.165, 1.54) is 5.56 Å².